The Morgan fingerprint density at radius 1 is 1.08 bits per heavy atom. The number of carbonyl (C=O) groups is 1. The number of amides is 1. The minimum absolute atomic E-state index is 0.161. The number of carbonyl (C=O) groups excluding carboxylic acids is 1. The Morgan fingerprint density at radius 2 is 1.88 bits per heavy atom. The van der Waals surface area contributed by atoms with Gasteiger partial charge in [-0.25, -0.2) is 4.68 Å². The molecular formula is C19H17N3O3. The Balaban J connectivity index is 1.82. The predicted molar refractivity (Wildman–Crippen MR) is 95.6 cm³/mol. The first kappa shape index (κ1) is 16.4. The molecule has 25 heavy (non-hydrogen) atoms. The third-order valence-electron chi connectivity index (χ3n) is 3.58. The number of hydrogen-bond donors (Lipinski definition) is 1. The normalized spacial score (nSPS) is 10.3. The molecule has 0 bridgehead atoms. The van der Waals surface area contributed by atoms with Crippen LogP contribution < -0.4 is 15.6 Å². The lowest BCUT2D eigenvalue weighted by Gasteiger charge is -2.09. The van der Waals surface area contributed by atoms with Crippen LogP contribution >= 0.6 is 0 Å². The summed E-state index contributed by atoms with van der Waals surface area (Å²) in [5.41, 5.74) is 1.72. The Morgan fingerprint density at radius 3 is 2.64 bits per heavy atom. The molecule has 0 fully saturated rings. The van der Waals surface area contributed by atoms with Crippen LogP contribution in [0.1, 0.15) is 0 Å². The summed E-state index contributed by atoms with van der Waals surface area (Å²) in [6, 6.07) is 19.4. The van der Waals surface area contributed by atoms with Crippen molar-refractivity contribution in [1.29, 1.82) is 0 Å². The minimum atomic E-state index is -0.338. The summed E-state index contributed by atoms with van der Waals surface area (Å²) in [5, 5.41) is 7.02. The topological polar surface area (TPSA) is 73.2 Å². The van der Waals surface area contributed by atoms with E-state index in [1.807, 2.05) is 42.5 Å². The van der Waals surface area contributed by atoms with Crippen LogP contribution in [0.25, 0.3) is 11.3 Å². The van der Waals surface area contributed by atoms with Crippen LogP contribution in [0.15, 0.2) is 71.5 Å². The quantitative estimate of drug-likeness (QED) is 0.778. The second-order valence-corrected chi connectivity index (χ2v) is 5.36. The Hall–Kier alpha value is -3.41. The van der Waals surface area contributed by atoms with E-state index in [1.165, 1.54) is 6.07 Å². The Labute approximate surface area is 144 Å². The van der Waals surface area contributed by atoms with E-state index in [2.05, 4.69) is 10.4 Å². The zero-order valence-corrected chi connectivity index (χ0v) is 13.7. The van der Waals surface area contributed by atoms with E-state index in [1.54, 1.807) is 25.3 Å². The summed E-state index contributed by atoms with van der Waals surface area (Å²) in [6.45, 7) is -0.161. The highest BCUT2D eigenvalue weighted by Crippen LogP contribution is 2.21. The summed E-state index contributed by atoms with van der Waals surface area (Å²) < 4.78 is 6.35. The van der Waals surface area contributed by atoms with Crippen molar-refractivity contribution in [3.05, 3.63) is 77.1 Å². The standard InChI is InChI=1S/C19H17N3O3/c1-25-16-9-5-6-14(12-16)17-10-11-19(24)22(21-17)13-18(23)20-15-7-3-2-4-8-15/h2-12H,13H2,1H3,(H,20,23). The molecule has 6 heteroatoms. The Bertz CT molecular complexity index is 936. The molecule has 0 aliphatic rings. The van der Waals surface area contributed by atoms with Gasteiger partial charge in [0, 0.05) is 17.3 Å². The van der Waals surface area contributed by atoms with Crippen LogP contribution in [0.3, 0.4) is 0 Å². The third-order valence-corrected chi connectivity index (χ3v) is 3.58. The number of para-hydroxylation sites is 1. The lowest BCUT2D eigenvalue weighted by atomic mass is 10.1. The van der Waals surface area contributed by atoms with Crippen molar-refractivity contribution in [2.75, 3.05) is 12.4 Å². The highest BCUT2D eigenvalue weighted by molar-refractivity contribution is 5.90. The molecule has 0 aliphatic heterocycles. The van der Waals surface area contributed by atoms with Gasteiger partial charge in [-0.1, -0.05) is 30.3 Å². The molecule has 2 aromatic carbocycles. The molecule has 0 saturated heterocycles. The lowest BCUT2D eigenvalue weighted by molar-refractivity contribution is -0.117. The zero-order valence-electron chi connectivity index (χ0n) is 13.7. The number of methoxy groups -OCH3 is 1. The van der Waals surface area contributed by atoms with Gasteiger partial charge in [0.05, 0.1) is 12.8 Å². The Kier molecular flexibility index (Phi) is 4.89. The van der Waals surface area contributed by atoms with Crippen molar-refractivity contribution in [2.45, 2.75) is 6.54 Å². The molecule has 0 radical (unpaired) electrons. The van der Waals surface area contributed by atoms with Crippen LogP contribution in [-0.4, -0.2) is 22.8 Å². The predicted octanol–water partition coefficient (Wildman–Crippen LogP) is 2.56. The highest BCUT2D eigenvalue weighted by atomic mass is 16.5. The van der Waals surface area contributed by atoms with Gasteiger partial charge in [0.2, 0.25) is 5.91 Å². The van der Waals surface area contributed by atoms with Crippen LogP contribution in [0.2, 0.25) is 0 Å². The summed E-state index contributed by atoms with van der Waals surface area (Å²) in [7, 11) is 1.58. The van der Waals surface area contributed by atoms with Crippen molar-refractivity contribution in [3.8, 4) is 17.0 Å². The highest BCUT2D eigenvalue weighted by Gasteiger charge is 2.09. The summed E-state index contributed by atoms with van der Waals surface area (Å²) in [5.74, 6) is 0.377. The van der Waals surface area contributed by atoms with E-state index < -0.39 is 0 Å². The maximum absolute atomic E-state index is 12.2. The number of nitrogens with zero attached hydrogens (tertiary/aromatic N) is 2. The molecule has 1 aromatic heterocycles. The molecule has 1 amide bonds. The van der Waals surface area contributed by atoms with Gasteiger partial charge in [-0.3, -0.25) is 9.59 Å². The van der Waals surface area contributed by atoms with Gasteiger partial charge < -0.3 is 10.1 Å². The monoisotopic (exact) mass is 335 g/mol. The molecular weight excluding hydrogens is 318 g/mol. The average molecular weight is 335 g/mol. The summed E-state index contributed by atoms with van der Waals surface area (Å²) in [6.07, 6.45) is 0. The summed E-state index contributed by atoms with van der Waals surface area (Å²) >= 11 is 0. The lowest BCUT2D eigenvalue weighted by Crippen LogP contribution is -2.29. The van der Waals surface area contributed by atoms with E-state index in [9.17, 15) is 9.59 Å². The fourth-order valence-electron chi connectivity index (χ4n) is 2.36. The van der Waals surface area contributed by atoms with Crippen molar-refractivity contribution >= 4 is 11.6 Å². The number of rotatable bonds is 5. The molecule has 0 unspecified atom stereocenters. The van der Waals surface area contributed by atoms with E-state index in [4.69, 9.17) is 4.74 Å². The minimum Gasteiger partial charge on any atom is -0.497 e. The second kappa shape index (κ2) is 7.44. The first-order chi connectivity index (χ1) is 12.2. The SMILES string of the molecule is COc1cccc(-c2ccc(=O)n(CC(=O)Nc3ccccc3)n2)c1. The zero-order chi connectivity index (χ0) is 17.6. The number of nitrogens with one attached hydrogen (secondary N) is 1. The molecule has 126 valence electrons. The molecule has 0 aliphatic carbocycles. The number of aromatic nitrogens is 2. The van der Waals surface area contributed by atoms with Crippen molar-refractivity contribution < 1.29 is 9.53 Å². The summed E-state index contributed by atoms with van der Waals surface area (Å²) in [4.78, 5) is 24.2. The molecule has 0 spiro atoms. The number of benzene rings is 2. The number of anilines is 1. The molecule has 0 saturated carbocycles. The van der Waals surface area contributed by atoms with E-state index in [-0.39, 0.29) is 18.0 Å². The fraction of sp³-hybridized carbons (Fsp3) is 0.105. The molecule has 3 aromatic rings. The van der Waals surface area contributed by atoms with Gasteiger partial charge in [-0.05, 0) is 30.3 Å². The second-order valence-electron chi connectivity index (χ2n) is 5.36. The van der Waals surface area contributed by atoms with Gasteiger partial charge in [-0.2, -0.15) is 5.10 Å². The average Bonchev–Trinajstić information content (AvgIpc) is 2.64. The van der Waals surface area contributed by atoms with Gasteiger partial charge in [0.25, 0.3) is 5.56 Å². The number of ether oxygens (including phenoxy) is 1. The molecule has 6 nitrogen and oxygen atoms in total. The first-order valence-corrected chi connectivity index (χ1v) is 7.73. The maximum atomic E-state index is 12.2. The van der Waals surface area contributed by atoms with E-state index in [0.29, 0.717) is 17.1 Å². The van der Waals surface area contributed by atoms with Gasteiger partial charge in [0.15, 0.2) is 0 Å². The molecule has 1 heterocycles. The largest absolute Gasteiger partial charge is 0.497 e. The molecule has 3 rings (SSSR count). The van der Waals surface area contributed by atoms with E-state index >= 15 is 0 Å². The molecule has 0 atom stereocenters. The van der Waals surface area contributed by atoms with Crippen molar-refractivity contribution in [2.24, 2.45) is 0 Å². The van der Waals surface area contributed by atoms with Crippen LogP contribution in [0.5, 0.6) is 5.75 Å². The smallest absolute Gasteiger partial charge is 0.267 e. The third kappa shape index (κ3) is 4.11. The van der Waals surface area contributed by atoms with Crippen LogP contribution in [0, 0.1) is 0 Å². The van der Waals surface area contributed by atoms with Crippen molar-refractivity contribution in [1.82, 2.24) is 9.78 Å². The first-order valence-electron chi connectivity index (χ1n) is 7.73. The maximum Gasteiger partial charge on any atom is 0.267 e. The van der Waals surface area contributed by atoms with Gasteiger partial charge in [0.1, 0.15) is 12.3 Å². The van der Waals surface area contributed by atoms with Gasteiger partial charge in [-0.15, -0.1) is 0 Å². The van der Waals surface area contributed by atoms with Crippen LogP contribution in [-0.2, 0) is 11.3 Å². The van der Waals surface area contributed by atoms with Crippen molar-refractivity contribution in [3.63, 3.8) is 0 Å². The van der Waals surface area contributed by atoms with E-state index in [0.717, 1.165) is 10.2 Å². The molecule has 1 N–H and O–H groups in total. The van der Waals surface area contributed by atoms with Gasteiger partial charge >= 0.3 is 0 Å². The number of hydrogen-bond acceptors (Lipinski definition) is 4. The van der Waals surface area contributed by atoms with Crippen LogP contribution in [0.4, 0.5) is 5.69 Å². The fourth-order valence-corrected chi connectivity index (χ4v) is 2.36.